The van der Waals surface area contributed by atoms with Gasteiger partial charge in [0.15, 0.2) is 0 Å². The first kappa shape index (κ1) is 49.2. The summed E-state index contributed by atoms with van der Waals surface area (Å²) in [6.45, 7) is 30.6. The van der Waals surface area contributed by atoms with Gasteiger partial charge in [-0.1, -0.05) is 193 Å². The van der Waals surface area contributed by atoms with Gasteiger partial charge in [0, 0.05) is 68.6 Å². The molecule has 1 aliphatic rings. The third-order valence-corrected chi connectivity index (χ3v) is 15.3. The molecule has 5 nitrogen and oxygen atoms in total. The number of rotatable bonds is 10. The van der Waals surface area contributed by atoms with E-state index in [0.29, 0.717) is 6.67 Å². The number of pyridine rings is 1. The van der Waals surface area contributed by atoms with E-state index in [4.69, 9.17) is 9.72 Å². The molecule has 0 saturated carbocycles. The van der Waals surface area contributed by atoms with Crippen molar-refractivity contribution in [3.8, 4) is 28.4 Å². The third kappa shape index (κ3) is 9.59. The van der Waals surface area contributed by atoms with Gasteiger partial charge >= 0.3 is 0 Å². The second-order valence-corrected chi connectivity index (χ2v) is 24.4. The molecule has 0 fully saturated rings. The molecule has 10 rings (SSSR count). The van der Waals surface area contributed by atoms with Crippen molar-refractivity contribution in [3.05, 3.63) is 227 Å². The van der Waals surface area contributed by atoms with E-state index in [9.17, 15) is 0 Å². The Balaban J connectivity index is 1.11. The van der Waals surface area contributed by atoms with E-state index in [-0.39, 0.29) is 27.1 Å². The molecular formula is C68H72N4O. The third-order valence-electron chi connectivity index (χ3n) is 15.3. The molecule has 0 aliphatic carbocycles. The lowest BCUT2D eigenvalue weighted by molar-refractivity contribution is 0.478. The quantitative estimate of drug-likeness (QED) is 0.137. The zero-order valence-electron chi connectivity index (χ0n) is 45.3. The van der Waals surface area contributed by atoms with E-state index in [1.54, 1.807) is 0 Å². The Morgan fingerprint density at radius 1 is 0.411 bits per heavy atom. The zero-order valence-corrected chi connectivity index (χ0v) is 45.3. The Bertz CT molecular complexity index is 3510. The summed E-state index contributed by atoms with van der Waals surface area (Å²) >= 11 is 0. The molecule has 370 valence electrons. The predicted molar refractivity (Wildman–Crippen MR) is 309 cm³/mol. The fourth-order valence-electron chi connectivity index (χ4n) is 10.5. The molecular weight excluding hydrogens is 889 g/mol. The second-order valence-electron chi connectivity index (χ2n) is 24.4. The van der Waals surface area contributed by atoms with E-state index in [1.165, 1.54) is 61.3 Å². The number of hydrogen-bond donors (Lipinski definition) is 0. The van der Waals surface area contributed by atoms with Crippen LogP contribution in [-0.2, 0) is 21.7 Å². The van der Waals surface area contributed by atoms with Crippen LogP contribution in [0.25, 0.3) is 38.8 Å². The van der Waals surface area contributed by atoms with Crippen LogP contribution >= 0.6 is 0 Å². The van der Waals surface area contributed by atoms with Gasteiger partial charge in [-0.05, 0) is 116 Å². The number of ether oxygens (including phenoxy) is 1. The summed E-state index contributed by atoms with van der Waals surface area (Å²) in [6.07, 6.45) is 4.33. The van der Waals surface area contributed by atoms with Crippen LogP contribution in [0.2, 0.25) is 0 Å². The van der Waals surface area contributed by atoms with Crippen molar-refractivity contribution >= 4 is 33.2 Å². The van der Waals surface area contributed by atoms with Gasteiger partial charge in [-0.25, -0.2) is 4.98 Å². The van der Waals surface area contributed by atoms with Crippen molar-refractivity contribution in [1.29, 1.82) is 0 Å². The lowest BCUT2D eigenvalue weighted by Crippen LogP contribution is -2.31. The van der Waals surface area contributed by atoms with Crippen LogP contribution in [0.4, 0.5) is 11.4 Å². The van der Waals surface area contributed by atoms with Crippen molar-refractivity contribution in [2.24, 2.45) is 5.41 Å². The molecule has 9 aromatic rings. The number of fused-ring (bicyclic) bond motifs is 3. The highest BCUT2D eigenvalue weighted by molar-refractivity contribution is 6.10. The number of hydrogen-bond acceptors (Lipinski definition) is 4. The highest BCUT2D eigenvalue weighted by atomic mass is 16.5. The lowest BCUT2D eigenvalue weighted by atomic mass is 9.78. The fraction of sp³-hybridized carbons (Fsp3) is 0.279. The van der Waals surface area contributed by atoms with Crippen molar-refractivity contribution in [1.82, 2.24) is 9.55 Å². The van der Waals surface area contributed by atoms with Gasteiger partial charge < -0.3 is 14.5 Å². The van der Waals surface area contributed by atoms with Crippen molar-refractivity contribution < 1.29 is 4.74 Å². The molecule has 0 spiro atoms. The van der Waals surface area contributed by atoms with Crippen LogP contribution in [0.1, 0.15) is 123 Å². The molecule has 3 heterocycles. The van der Waals surface area contributed by atoms with Crippen molar-refractivity contribution in [2.45, 2.75) is 112 Å². The normalized spacial score (nSPS) is 13.8. The number of anilines is 2. The first-order valence-electron chi connectivity index (χ1n) is 26.0. The van der Waals surface area contributed by atoms with E-state index in [2.05, 4.69) is 287 Å². The van der Waals surface area contributed by atoms with Gasteiger partial charge in [-0.2, -0.15) is 0 Å². The molecule has 73 heavy (non-hydrogen) atoms. The highest BCUT2D eigenvalue weighted by Gasteiger charge is 2.34. The predicted octanol–water partition coefficient (Wildman–Crippen LogP) is 18.1. The molecule has 0 saturated heterocycles. The van der Waals surface area contributed by atoms with Crippen LogP contribution in [0, 0.1) is 5.41 Å². The lowest BCUT2D eigenvalue weighted by Gasteiger charge is -2.33. The van der Waals surface area contributed by atoms with Crippen LogP contribution in [0.5, 0.6) is 11.5 Å². The van der Waals surface area contributed by atoms with Gasteiger partial charge in [0.2, 0.25) is 0 Å². The Labute approximate surface area is 434 Å². The number of benzene rings is 7. The molecule has 0 bridgehead atoms. The SMILES string of the molecule is CC(C)(C)C1=CN(c2cc(-c3ccccc3)cc(C(C)(C)C)c2)CN1c1cc(Oc2ccc3c4cc(C(C)(C)C)ccc4n(-c4cc(C(C)(C)c5ccccc5)ccn4)c3c2)cc(C(C)(C)c2ccccc2)c1. The number of allylic oxidation sites excluding steroid dienone is 1. The van der Waals surface area contributed by atoms with Crippen LogP contribution in [0.15, 0.2) is 194 Å². The molecule has 0 atom stereocenters. The van der Waals surface area contributed by atoms with Crippen LogP contribution in [-0.4, -0.2) is 16.2 Å². The first-order chi connectivity index (χ1) is 34.6. The van der Waals surface area contributed by atoms with E-state index in [0.717, 1.165) is 39.4 Å². The maximum atomic E-state index is 7.22. The average Bonchev–Trinajstić information content (AvgIpc) is 3.97. The van der Waals surface area contributed by atoms with E-state index < -0.39 is 0 Å². The molecule has 0 unspecified atom stereocenters. The summed E-state index contributed by atoms with van der Waals surface area (Å²) in [4.78, 5) is 10.0. The topological polar surface area (TPSA) is 33.5 Å². The Morgan fingerprint density at radius 3 is 1.66 bits per heavy atom. The minimum Gasteiger partial charge on any atom is -0.457 e. The van der Waals surface area contributed by atoms with Gasteiger partial charge in [-0.15, -0.1) is 0 Å². The minimum absolute atomic E-state index is 0.0181. The maximum absolute atomic E-state index is 7.22. The van der Waals surface area contributed by atoms with E-state index in [1.807, 2.05) is 6.20 Å². The van der Waals surface area contributed by atoms with Crippen molar-refractivity contribution in [3.63, 3.8) is 0 Å². The molecule has 0 radical (unpaired) electrons. The highest BCUT2D eigenvalue weighted by Crippen LogP contribution is 2.45. The van der Waals surface area contributed by atoms with Gasteiger partial charge in [-0.3, -0.25) is 4.57 Å². The Kier molecular flexibility index (Phi) is 12.3. The van der Waals surface area contributed by atoms with Gasteiger partial charge in [0.05, 0.1) is 17.7 Å². The summed E-state index contributed by atoms with van der Waals surface area (Å²) < 4.78 is 9.54. The van der Waals surface area contributed by atoms with Crippen LogP contribution < -0.4 is 14.5 Å². The standard InChI is InChI=1S/C68H72N4O/c1-64(2,3)50-29-32-60-59(40-50)58-31-30-56(43-61(58)72(60)63-41-51(33-34-69-63)67(10,11)48-25-19-15-20-26-48)73-57-39-53(68(12,13)49-27-21-16-22-28-49)38-55(42-57)71-45-70(44-62(71)66(7,8)9)54-36-47(46-23-17-14-18-24-46)35-52(37-54)65(4,5)6/h14-44H,45H2,1-13H3. The monoisotopic (exact) mass is 961 g/mol. The Morgan fingerprint density at radius 2 is 1.03 bits per heavy atom. The molecule has 5 heteroatoms. The average molecular weight is 961 g/mol. The van der Waals surface area contributed by atoms with E-state index >= 15 is 0 Å². The largest absolute Gasteiger partial charge is 0.457 e. The van der Waals surface area contributed by atoms with Gasteiger partial charge in [0.25, 0.3) is 0 Å². The molecule has 0 N–H and O–H groups in total. The summed E-state index contributed by atoms with van der Waals surface area (Å²) in [7, 11) is 0. The number of aromatic nitrogens is 2. The molecule has 0 amide bonds. The zero-order chi connectivity index (χ0) is 51.7. The first-order valence-corrected chi connectivity index (χ1v) is 26.0. The van der Waals surface area contributed by atoms with Crippen molar-refractivity contribution in [2.75, 3.05) is 16.5 Å². The summed E-state index contributed by atoms with van der Waals surface area (Å²) in [5.74, 6) is 2.42. The summed E-state index contributed by atoms with van der Waals surface area (Å²) in [6, 6.07) is 64.2. The van der Waals surface area contributed by atoms with Crippen LogP contribution in [0.3, 0.4) is 0 Å². The second kappa shape index (κ2) is 18.3. The van der Waals surface area contributed by atoms with Gasteiger partial charge in [0.1, 0.15) is 17.3 Å². The number of nitrogens with zero attached hydrogens (tertiary/aromatic N) is 4. The summed E-state index contributed by atoms with van der Waals surface area (Å²) in [5.41, 5.74) is 14.8. The fourth-order valence-corrected chi connectivity index (χ4v) is 10.5. The molecule has 1 aliphatic heterocycles. The molecule has 2 aromatic heterocycles. The smallest absolute Gasteiger partial charge is 0.137 e. The minimum atomic E-state index is -0.336. The maximum Gasteiger partial charge on any atom is 0.137 e. The Hall–Kier alpha value is -7.37. The molecule has 7 aromatic carbocycles. The summed E-state index contributed by atoms with van der Waals surface area (Å²) in [5, 5.41) is 2.35.